The minimum absolute atomic E-state index is 0. The molecule has 20 heavy (non-hydrogen) atoms. The summed E-state index contributed by atoms with van der Waals surface area (Å²) in [6, 6.07) is -0.781. The molecule has 1 aliphatic rings. The van der Waals surface area contributed by atoms with Crippen molar-refractivity contribution in [3.05, 3.63) is 0 Å². The number of hydrogen-bond acceptors (Lipinski definition) is 3. The molecule has 0 aliphatic carbocycles. The van der Waals surface area contributed by atoms with Crippen LogP contribution >= 0.6 is 12.4 Å². The highest BCUT2D eigenvalue weighted by molar-refractivity contribution is 5.85. The molecule has 0 spiro atoms. The molecule has 1 aliphatic heterocycles. The van der Waals surface area contributed by atoms with Crippen molar-refractivity contribution in [3.8, 4) is 0 Å². The van der Waals surface area contributed by atoms with E-state index in [-0.39, 0.29) is 19.0 Å². The fourth-order valence-corrected chi connectivity index (χ4v) is 2.11. The molecule has 0 aromatic heterocycles. The van der Waals surface area contributed by atoms with Crippen molar-refractivity contribution in [3.63, 3.8) is 0 Å². The molecule has 1 rings (SSSR count). The van der Waals surface area contributed by atoms with Gasteiger partial charge in [-0.15, -0.1) is 12.4 Å². The van der Waals surface area contributed by atoms with E-state index < -0.39 is 30.6 Å². The predicted octanol–water partition coefficient (Wildman–Crippen LogP) is 1.37. The van der Waals surface area contributed by atoms with E-state index in [0.29, 0.717) is 17.9 Å². The summed E-state index contributed by atoms with van der Waals surface area (Å²) in [7, 11) is 1.07. The van der Waals surface area contributed by atoms with Crippen molar-refractivity contribution < 1.29 is 27.9 Å². The highest BCUT2D eigenvalue weighted by Gasteiger charge is 2.34. The first-order chi connectivity index (χ1) is 8.70. The number of carbonyl (C=O) groups is 2. The summed E-state index contributed by atoms with van der Waals surface area (Å²) in [6.45, 7) is -1.19. The Bertz CT molecular complexity index is 352. The van der Waals surface area contributed by atoms with E-state index in [1.54, 1.807) is 0 Å². The molecule has 1 heterocycles. The van der Waals surface area contributed by atoms with Gasteiger partial charge in [0.2, 0.25) is 5.91 Å². The SMILES string of the molecule is CN(CC(F)(F)F)C(=O)CN1CCCCC1C(=O)O.Cl. The number of likely N-dealkylation sites (N-methyl/N-ethyl adjacent to an activating group) is 1. The predicted molar refractivity (Wildman–Crippen MR) is 67.8 cm³/mol. The maximum absolute atomic E-state index is 12.1. The van der Waals surface area contributed by atoms with Gasteiger partial charge in [0, 0.05) is 7.05 Å². The van der Waals surface area contributed by atoms with Gasteiger partial charge in [0.1, 0.15) is 12.6 Å². The van der Waals surface area contributed by atoms with Crippen molar-refractivity contribution in [1.82, 2.24) is 9.80 Å². The number of piperidine rings is 1. The van der Waals surface area contributed by atoms with Crippen LogP contribution in [0.4, 0.5) is 13.2 Å². The third-order valence-corrected chi connectivity index (χ3v) is 3.08. The van der Waals surface area contributed by atoms with E-state index in [9.17, 15) is 22.8 Å². The number of hydrogen-bond donors (Lipinski definition) is 1. The molecule has 1 unspecified atom stereocenters. The zero-order valence-corrected chi connectivity index (χ0v) is 11.8. The van der Waals surface area contributed by atoms with E-state index in [2.05, 4.69) is 0 Å². The lowest BCUT2D eigenvalue weighted by molar-refractivity contribution is -0.160. The lowest BCUT2D eigenvalue weighted by Gasteiger charge is -2.33. The van der Waals surface area contributed by atoms with Gasteiger partial charge in [-0.3, -0.25) is 14.5 Å². The monoisotopic (exact) mass is 318 g/mol. The molecule has 1 amide bonds. The molecule has 0 aromatic rings. The quantitative estimate of drug-likeness (QED) is 0.850. The summed E-state index contributed by atoms with van der Waals surface area (Å²) in [5.74, 6) is -1.75. The number of nitrogens with zero attached hydrogens (tertiary/aromatic N) is 2. The first-order valence-corrected chi connectivity index (χ1v) is 5.98. The summed E-state index contributed by atoms with van der Waals surface area (Å²) < 4.78 is 36.4. The Morgan fingerprint density at radius 3 is 2.45 bits per heavy atom. The molecule has 1 saturated heterocycles. The highest BCUT2D eigenvalue weighted by Crippen LogP contribution is 2.18. The van der Waals surface area contributed by atoms with E-state index >= 15 is 0 Å². The van der Waals surface area contributed by atoms with E-state index in [0.717, 1.165) is 19.9 Å². The van der Waals surface area contributed by atoms with Gasteiger partial charge >= 0.3 is 12.1 Å². The second kappa shape index (κ2) is 7.68. The smallest absolute Gasteiger partial charge is 0.406 e. The van der Waals surface area contributed by atoms with Gasteiger partial charge in [0.25, 0.3) is 0 Å². The largest absolute Gasteiger partial charge is 0.480 e. The van der Waals surface area contributed by atoms with Gasteiger partial charge in [-0.25, -0.2) is 0 Å². The number of likely N-dealkylation sites (tertiary alicyclic amines) is 1. The van der Waals surface area contributed by atoms with Gasteiger partial charge in [-0.1, -0.05) is 6.42 Å². The molecule has 0 radical (unpaired) electrons. The summed E-state index contributed by atoms with van der Waals surface area (Å²) in [5, 5.41) is 9.00. The Kier molecular flexibility index (Phi) is 7.29. The maximum Gasteiger partial charge on any atom is 0.406 e. The fourth-order valence-electron chi connectivity index (χ4n) is 2.11. The van der Waals surface area contributed by atoms with Crippen molar-refractivity contribution in [2.75, 3.05) is 26.7 Å². The lowest BCUT2D eigenvalue weighted by atomic mass is 10.0. The lowest BCUT2D eigenvalue weighted by Crippen LogP contribution is -2.50. The van der Waals surface area contributed by atoms with Crippen LogP contribution in [-0.2, 0) is 9.59 Å². The summed E-state index contributed by atoms with van der Waals surface area (Å²) in [5.41, 5.74) is 0. The van der Waals surface area contributed by atoms with Crippen molar-refractivity contribution in [1.29, 1.82) is 0 Å². The highest BCUT2D eigenvalue weighted by atomic mass is 35.5. The molecule has 0 aromatic carbocycles. The van der Waals surface area contributed by atoms with Crippen LogP contribution < -0.4 is 0 Å². The number of amides is 1. The number of carboxylic acid groups (broad SMARTS) is 1. The zero-order valence-electron chi connectivity index (χ0n) is 11.0. The molecule has 118 valence electrons. The van der Waals surface area contributed by atoms with Crippen LogP contribution in [0.2, 0.25) is 0 Å². The topological polar surface area (TPSA) is 60.9 Å². The number of halogens is 4. The third kappa shape index (κ3) is 5.96. The van der Waals surface area contributed by atoms with Crippen LogP contribution in [0.15, 0.2) is 0 Å². The van der Waals surface area contributed by atoms with Crippen LogP contribution in [0.5, 0.6) is 0 Å². The standard InChI is InChI=1S/C11H17F3N2O3.ClH/c1-15(7-11(12,13)14)9(17)6-16-5-3-2-4-8(16)10(18)19;/h8H,2-7H2,1H3,(H,18,19);1H. The summed E-state index contributed by atoms with van der Waals surface area (Å²) in [6.07, 6.45) is -2.52. The molecule has 1 N–H and O–H groups in total. The average molecular weight is 319 g/mol. The van der Waals surface area contributed by atoms with Crippen LogP contribution in [0.3, 0.4) is 0 Å². The Hall–Kier alpha value is -1.02. The Balaban J connectivity index is 0.00000361. The number of carbonyl (C=O) groups excluding carboxylic acids is 1. The van der Waals surface area contributed by atoms with Crippen molar-refractivity contribution >= 4 is 24.3 Å². The number of carboxylic acids is 1. The minimum atomic E-state index is -4.45. The van der Waals surface area contributed by atoms with Crippen LogP contribution in [0.25, 0.3) is 0 Å². The molecule has 5 nitrogen and oxygen atoms in total. The molecule has 0 saturated carbocycles. The average Bonchev–Trinajstić information content (AvgIpc) is 2.27. The van der Waals surface area contributed by atoms with Crippen LogP contribution in [0.1, 0.15) is 19.3 Å². The van der Waals surface area contributed by atoms with Gasteiger partial charge in [-0.05, 0) is 19.4 Å². The Labute approximate surface area is 121 Å². The summed E-state index contributed by atoms with van der Waals surface area (Å²) in [4.78, 5) is 24.7. The molecule has 9 heteroatoms. The number of alkyl halides is 3. The number of aliphatic carboxylic acids is 1. The van der Waals surface area contributed by atoms with Crippen LogP contribution in [0, 0.1) is 0 Å². The van der Waals surface area contributed by atoms with E-state index in [4.69, 9.17) is 5.11 Å². The van der Waals surface area contributed by atoms with Crippen molar-refractivity contribution in [2.24, 2.45) is 0 Å². The Morgan fingerprint density at radius 2 is 1.95 bits per heavy atom. The first-order valence-electron chi connectivity index (χ1n) is 5.98. The maximum atomic E-state index is 12.1. The van der Waals surface area contributed by atoms with E-state index in [1.165, 1.54) is 4.90 Å². The van der Waals surface area contributed by atoms with Crippen LogP contribution in [-0.4, -0.2) is 65.7 Å². The molecule has 1 atom stereocenters. The zero-order chi connectivity index (χ0) is 14.6. The van der Waals surface area contributed by atoms with Gasteiger partial charge in [0.05, 0.1) is 6.54 Å². The molecular weight excluding hydrogens is 301 g/mol. The third-order valence-electron chi connectivity index (χ3n) is 3.08. The number of rotatable bonds is 4. The normalized spacial score (nSPS) is 20.1. The Morgan fingerprint density at radius 1 is 1.35 bits per heavy atom. The second-order valence-corrected chi connectivity index (χ2v) is 4.69. The minimum Gasteiger partial charge on any atom is -0.480 e. The first kappa shape index (κ1) is 19.0. The summed E-state index contributed by atoms with van der Waals surface area (Å²) >= 11 is 0. The van der Waals surface area contributed by atoms with Gasteiger partial charge < -0.3 is 10.0 Å². The fraction of sp³-hybridized carbons (Fsp3) is 0.818. The van der Waals surface area contributed by atoms with E-state index in [1.807, 2.05) is 0 Å². The molecular formula is C11H18ClF3N2O3. The second-order valence-electron chi connectivity index (χ2n) is 4.69. The molecule has 0 bridgehead atoms. The molecule has 1 fully saturated rings. The van der Waals surface area contributed by atoms with Gasteiger partial charge in [0.15, 0.2) is 0 Å². The van der Waals surface area contributed by atoms with Gasteiger partial charge in [-0.2, -0.15) is 13.2 Å². The van der Waals surface area contributed by atoms with Crippen molar-refractivity contribution in [2.45, 2.75) is 31.5 Å².